The van der Waals surface area contributed by atoms with Gasteiger partial charge in [-0.3, -0.25) is 4.79 Å². The molecule has 1 aromatic rings. The molecule has 22 heavy (non-hydrogen) atoms. The van der Waals surface area contributed by atoms with Crippen molar-refractivity contribution in [3.8, 4) is 5.75 Å². The predicted molar refractivity (Wildman–Crippen MR) is 91.9 cm³/mol. The van der Waals surface area contributed by atoms with Gasteiger partial charge in [-0.1, -0.05) is 13.8 Å². The fourth-order valence-corrected chi connectivity index (χ4v) is 2.17. The van der Waals surface area contributed by atoms with Crippen molar-refractivity contribution in [3.05, 3.63) is 28.5 Å². The van der Waals surface area contributed by atoms with E-state index in [0.717, 1.165) is 12.8 Å². The van der Waals surface area contributed by atoms with Crippen LogP contribution < -0.4 is 15.8 Å². The normalized spacial score (nSPS) is 12.3. The molecule has 126 valence electrons. The minimum Gasteiger partial charge on any atom is -0.480 e. The Bertz CT molecular complexity index is 498. The Balaban J connectivity index is 0.00000441. The molecule has 1 rings (SSSR count). The van der Waals surface area contributed by atoms with Crippen LogP contribution in [0.2, 0.25) is 0 Å². The highest BCUT2D eigenvalue weighted by molar-refractivity contribution is 9.10. The summed E-state index contributed by atoms with van der Waals surface area (Å²) >= 11 is 3.20. The van der Waals surface area contributed by atoms with E-state index in [1.54, 1.807) is 6.92 Å². The Morgan fingerprint density at radius 1 is 1.45 bits per heavy atom. The molecular weight excluding hydrogens is 375 g/mol. The number of amides is 1. The maximum absolute atomic E-state index is 13.0. The van der Waals surface area contributed by atoms with Crippen molar-refractivity contribution in [2.45, 2.75) is 45.3 Å². The Kier molecular flexibility index (Phi) is 8.96. The molecule has 0 aliphatic carbocycles. The Hall–Kier alpha value is -0.850. The summed E-state index contributed by atoms with van der Waals surface area (Å²) < 4.78 is 19.0. The standard InChI is InChI=1S/C15H22BrFN2O2.ClH/c1-4-15(18,5-2)9-19-14(20)10(3)21-13-7-6-11(17)8-12(13)16;/h6-8,10H,4-5,9,18H2,1-3H3,(H,19,20);1H. The molecular formula is C15H23BrClFN2O2. The SMILES string of the molecule is CCC(N)(CC)CNC(=O)C(C)Oc1ccc(F)cc1Br.Cl. The summed E-state index contributed by atoms with van der Waals surface area (Å²) in [5.74, 6) is -0.197. The van der Waals surface area contributed by atoms with Gasteiger partial charge in [0.25, 0.3) is 5.91 Å². The summed E-state index contributed by atoms with van der Waals surface area (Å²) in [5.41, 5.74) is 5.74. The van der Waals surface area contributed by atoms with E-state index in [1.165, 1.54) is 18.2 Å². The van der Waals surface area contributed by atoms with Gasteiger partial charge in [-0.2, -0.15) is 0 Å². The number of halogens is 3. The molecule has 1 amide bonds. The molecule has 0 saturated heterocycles. The molecule has 0 heterocycles. The fourth-order valence-electron chi connectivity index (χ4n) is 1.72. The minimum atomic E-state index is -0.690. The van der Waals surface area contributed by atoms with E-state index in [-0.39, 0.29) is 24.1 Å². The number of carbonyl (C=O) groups excluding carboxylic acids is 1. The first-order valence-electron chi connectivity index (χ1n) is 6.99. The van der Waals surface area contributed by atoms with Gasteiger partial charge in [0, 0.05) is 12.1 Å². The number of carbonyl (C=O) groups is 1. The number of benzene rings is 1. The van der Waals surface area contributed by atoms with E-state index in [0.29, 0.717) is 16.8 Å². The molecule has 0 aliphatic heterocycles. The molecule has 0 saturated carbocycles. The quantitative estimate of drug-likeness (QED) is 0.741. The lowest BCUT2D eigenvalue weighted by molar-refractivity contribution is -0.127. The number of hydrogen-bond acceptors (Lipinski definition) is 3. The van der Waals surface area contributed by atoms with Crippen LogP contribution in [0.15, 0.2) is 22.7 Å². The zero-order valence-electron chi connectivity index (χ0n) is 13.0. The minimum absolute atomic E-state index is 0. The van der Waals surface area contributed by atoms with Crippen molar-refractivity contribution in [3.63, 3.8) is 0 Å². The molecule has 0 bridgehead atoms. The van der Waals surface area contributed by atoms with Crippen molar-refractivity contribution in [1.29, 1.82) is 0 Å². The Morgan fingerprint density at radius 3 is 2.55 bits per heavy atom. The lowest BCUT2D eigenvalue weighted by Gasteiger charge is -2.27. The maximum Gasteiger partial charge on any atom is 0.260 e. The van der Waals surface area contributed by atoms with Crippen LogP contribution in [0.5, 0.6) is 5.75 Å². The van der Waals surface area contributed by atoms with Crippen LogP contribution in [0.4, 0.5) is 4.39 Å². The smallest absolute Gasteiger partial charge is 0.260 e. The van der Waals surface area contributed by atoms with Gasteiger partial charge in [-0.15, -0.1) is 12.4 Å². The Morgan fingerprint density at radius 2 is 2.05 bits per heavy atom. The second-order valence-corrected chi connectivity index (χ2v) is 5.98. The number of hydrogen-bond donors (Lipinski definition) is 2. The number of ether oxygens (including phenoxy) is 1. The first-order valence-corrected chi connectivity index (χ1v) is 7.79. The van der Waals surface area contributed by atoms with Crippen LogP contribution in [0.25, 0.3) is 0 Å². The third-order valence-corrected chi connectivity index (χ3v) is 4.21. The largest absolute Gasteiger partial charge is 0.480 e. The zero-order chi connectivity index (χ0) is 16.0. The molecule has 7 heteroatoms. The molecule has 0 fully saturated rings. The number of nitrogens with two attached hydrogens (primary N) is 1. The molecule has 1 unspecified atom stereocenters. The summed E-state index contributed by atoms with van der Waals surface area (Å²) in [6, 6.07) is 4.05. The van der Waals surface area contributed by atoms with E-state index < -0.39 is 11.6 Å². The average Bonchev–Trinajstić information content (AvgIpc) is 2.47. The van der Waals surface area contributed by atoms with Gasteiger partial charge in [0.15, 0.2) is 6.10 Å². The van der Waals surface area contributed by atoms with Crippen molar-refractivity contribution in [2.24, 2.45) is 5.73 Å². The van der Waals surface area contributed by atoms with Crippen molar-refractivity contribution >= 4 is 34.2 Å². The molecule has 0 radical (unpaired) electrons. The first-order chi connectivity index (χ1) is 9.81. The molecule has 1 atom stereocenters. The van der Waals surface area contributed by atoms with Crippen molar-refractivity contribution in [1.82, 2.24) is 5.32 Å². The summed E-state index contributed by atoms with van der Waals surface area (Å²) in [6.07, 6.45) is 0.871. The van der Waals surface area contributed by atoms with Gasteiger partial charge in [0.1, 0.15) is 11.6 Å². The fraction of sp³-hybridized carbons (Fsp3) is 0.533. The van der Waals surface area contributed by atoms with E-state index in [2.05, 4.69) is 21.2 Å². The van der Waals surface area contributed by atoms with Crippen LogP contribution in [-0.2, 0) is 4.79 Å². The van der Waals surface area contributed by atoms with Crippen LogP contribution >= 0.6 is 28.3 Å². The van der Waals surface area contributed by atoms with Crippen LogP contribution in [0, 0.1) is 5.82 Å². The van der Waals surface area contributed by atoms with Crippen LogP contribution in [0.3, 0.4) is 0 Å². The van der Waals surface area contributed by atoms with E-state index >= 15 is 0 Å². The Labute approximate surface area is 145 Å². The van der Waals surface area contributed by atoms with Crippen LogP contribution in [0.1, 0.15) is 33.6 Å². The lowest BCUT2D eigenvalue weighted by atomic mass is 9.94. The third kappa shape index (κ3) is 6.10. The summed E-state index contributed by atoms with van der Waals surface area (Å²) in [4.78, 5) is 12.0. The van der Waals surface area contributed by atoms with Gasteiger partial charge in [0.2, 0.25) is 0 Å². The van der Waals surface area contributed by atoms with Crippen LogP contribution in [-0.4, -0.2) is 24.1 Å². The molecule has 0 spiro atoms. The summed E-state index contributed by atoms with van der Waals surface area (Å²) in [5, 5.41) is 2.80. The van der Waals surface area contributed by atoms with Crippen molar-refractivity contribution in [2.75, 3.05) is 6.54 Å². The third-order valence-electron chi connectivity index (χ3n) is 3.59. The van der Waals surface area contributed by atoms with E-state index in [9.17, 15) is 9.18 Å². The zero-order valence-corrected chi connectivity index (χ0v) is 15.4. The highest BCUT2D eigenvalue weighted by Crippen LogP contribution is 2.26. The maximum atomic E-state index is 13.0. The van der Waals surface area contributed by atoms with Gasteiger partial charge in [-0.05, 0) is 53.9 Å². The topological polar surface area (TPSA) is 64.3 Å². The predicted octanol–water partition coefficient (Wildman–Crippen LogP) is 3.41. The van der Waals surface area contributed by atoms with Gasteiger partial charge >= 0.3 is 0 Å². The summed E-state index contributed by atoms with van der Waals surface area (Å²) in [7, 11) is 0. The van der Waals surface area contributed by atoms with Crippen molar-refractivity contribution < 1.29 is 13.9 Å². The first kappa shape index (κ1) is 21.1. The average molecular weight is 398 g/mol. The van der Waals surface area contributed by atoms with E-state index in [1.807, 2.05) is 13.8 Å². The molecule has 3 N–H and O–H groups in total. The lowest BCUT2D eigenvalue weighted by Crippen LogP contribution is -2.51. The highest BCUT2D eigenvalue weighted by Gasteiger charge is 2.23. The van der Waals surface area contributed by atoms with Gasteiger partial charge in [0.05, 0.1) is 4.47 Å². The molecule has 0 aliphatic rings. The molecule has 4 nitrogen and oxygen atoms in total. The number of nitrogens with one attached hydrogen (secondary N) is 1. The van der Waals surface area contributed by atoms with Gasteiger partial charge in [-0.25, -0.2) is 4.39 Å². The second-order valence-electron chi connectivity index (χ2n) is 5.12. The number of rotatable bonds is 7. The monoisotopic (exact) mass is 396 g/mol. The second kappa shape index (κ2) is 9.33. The molecule has 0 aromatic heterocycles. The molecule has 1 aromatic carbocycles. The summed E-state index contributed by atoms with van der Waals surface area (Å²) in [6.45, 7) is 6.02. The highest BCUT2D eigenvalue weighted by atomic mass is 79.9. The van der Waals surface area contributed by atoms with E-state index in [4.69, 9.17) is 10.5 Å². The van der Waals surface area contributed by atoms with Gasteiger partial charge < -0.3 is 15.8 Å².